The number of amides is 1. The van der Waals surface area contributed by atoms with Crippen LogP contribution in [0.2, 0.25) is 0 Å². The molecule has 0 spiro atoms. The van der Waals surface area contributed by atoms with Crippen LogP contribution >= 0.6 is 0 Å². The first-order chi connectivity index (χ1) is 9.28. The number of aromatic amines is 1. The summed E-state index contributed by atoms with van der Waals surface area (Å²) in [5, 5.41) is 4.32. The van der Waals surface area contributed by atoms with Crippen molar-refractivity contribution in [3.8, 4) is 0 Å². The Bertz CT molecular complexity index is 603. The number of ether oxygens (including phenoxy) is 1. The number of aryl methyl sites for hydroxylation is 1. The Morgan fingerprint density at radius 2 is 2.32 bits per heavy atom. The quantitative estimate of drug-likeness (QED) is 0.882. The van der Waals surface area contributed by atoms with Gasteiger partial charge in [-0.25, -0.2) is 0 Å². The molecule has 0 saturated carbocycles. The minimum Gasteiger partial charge on any atom is -0.375 e. The molecule has 1 aliphatic carbocycles. The van der Waals surface area contributed by atoms with Crippen LogP contribution in [0, 0.1) is 0 Å². The summed E-state index contributed by atoms with van der Waals surface area (Å²) in [7, 11) is 1.54. The Balaban J connectivity index is 1.81. The number of rotatable bonds is 3. The Kier molecular flexibility index (Phi) is 3.25. The van der Waals surface area contributed by atoms with Crippen LogP contribution in [-0.2, 0) is 22.4 Å². The average molecular weight is 258 g/mol. The molecular weight excluding hydrogens is 240 g/mol. The van der Waals surface area contributed by atoms with E-state index in [0.717, 1.165) is 19.3 Å². The number of nitrogens with one attached hydrogen (secondary N) is 2. The molecule has 19 heavy (non-hydrogen) atoms. The zero-order chi connectivity index (χ0) is 13.2. The molecule has 100 valence electrons. The van der Waals surface area contributed by atoms with Gasteiger partial charge in [-0.3, -0.25) is 4.79 Å². The summed E-state index contributed by atoms with van der Waals surface area (Å²) in [6, 6.07) is 8.57. The summed E-state index contributed by atoms with van der Waals surface area (Å²) in [4.78, 5) is 15.1. The monoisotopic (exact) mass is 258 g/mol. The van der Waals surface area contributed by atoms with E-state index in [-0.39, 0.29) is 18.6 Å². The number of methoxy groups -OCH3 is 1. The lowest BCUT2D eigenvalue weighted by Gasteiger charge is -2.23. The molecule has 0 fully saturated rings. The summed E-state index contributed by atoms with van der Waals surface area (Å²) < 4.78 is 4.85. The Morgan fingerprint density at radius 3 is 3.16 bits per heavy atom. The molecule has 1 heterocycles. The molecule has 2 N–H and O–H groups in total. The third-order valence-corrected chi connectivity index (χ3v) is 3.74. The second-order valence-corrected chi connectivity index (χ2v) is 5.07. The van der Waals surface area contributed by atoms with E-state index in [1.807, 2.05) is 6.07 Å². The molecule has 4 nitrogen and oxygen atoms in total. The first-order valence-electron chi connectivity index (χ1n) is 6.64. The lowest BCUT2D eigenvalue weighted by atomic mass is 9.91. The summed E-state index contributed by atoms with van der Waals surface area (Å²) in [5.74, 6) is -0.0317. The van der Waals surface area contributed by atoms with Crippen LogP contribution in [0.15, 0.2) is 24.3 Å². The normalized spacial score (nSPS) is 18.3. The highest BCUT2D eigenvalue weighted by molar-refractivity contribution is 5.85. The van der Waals surface area contributed by atoms with Gasteiger partial charge >= 0.3 is 0 Å². The molecule has 4 heteroatoms. The maximum Gasteiger partial charge on any atom is 0.246 e. The predicted molar refractivity (Wildman–Crippen MR) is 74.1 cm³/mol. The van der Waals surface area contributed by atoms with Gasteiger partial charge in [-0.2, -0.15) is 0 Å². The van der Waals surface area contributed by atoms with E-state index in [2.05, 4.69) is 28.5 Å². The van der Waals surface area contributed by atoms with E-state index in [1.165, 1.54) is 29.3 Å². The zero-order valence-electron chi connectivity index (χ0n) is 11.0. The van der Waals surface area contributed by atoms with Crippen LogP contribution in [0.25, 0.3) is 10.9 Å². The molecule has 2 aromatic rings. The van der Waals surface area contributed by atoms with Crippen molar-refractivity contribution in [2.75, 3.05) is 13.7 Å². The van der Waals surface area contributed by atoms with E-state index in [9.17, 15) is 4.79 Å². The topological polar surface area (TPSA) is 54.1 Å². The van der Waals surface area contributed by atoms with Crippen molar-refractivity contribution in [3.05, 3.63) is 35.5 Å². The second kappa shape index (κ2) is 5.05. The first kappa shape index (κ1) is 12.2. The van der Waals surface area contributed by atoms with Crippen molar-refractivity contribution in [1.29, 1.82) is 0 Å². The minimum atomic E-state index is -0.0317. The zero-order valence-corrected chi connectivity index (χ0v) is 11.0. The van der Waals surface area contributed by atoms with Crippen molar-refractivity contribution in [1.82, 2.24) is 10.3 Å². The molecule has 1 aliphatic rings. The number of benzene rings is 1. The van der Waals surface area contributed by atoms with Crippen LogP contribution in [0.3, 0.4) is 0 Å². The standard InChI is InChI=1S/C15H18N2O2/c1-19-9-15(18)16-10-6-7-14-12(8-10)11-4-2-3-5-13(11)17-14/h2-5,10,17H,6-9H2,1H3,(H,16,18)/t10-/m1/s1. The average Bonchev–Trinajstić information content (AvgIpc) is 2.77. The number of hydrogen-bond donors (Lipinski definition) is 2. The van der Waals surface area contributed by atoms with Crippen molar-refractivity contribution >= 4 is 16.8 Å². The van der Waals surface area contributed by atoms with Crippen molar-refractivity contribution in [2.24, 2.45) is 0 Å². The Morgan fingerprint density at radius 1 is 1.47 bits per heavy atom. The molecule has 0 aliphatic heterocycles. The predicted octanol–water partition coefficient (Wildman–Crippen LogP) is 1.79. The van der Waals surface area contributed by atoms with Gasteiger partial charge in [0.25, 0.3) is 0 Å². The van der Waals surface area contributed by atoms with Gasteiger partial charge in [0.1, 0.15) is 6.61 Å². The SMILES string of the molecule is COCC(=O)N[C@@H]1CCc2[nH]c3ccccc3c2C1. The fourth-order valence-corrected chi connectivity index (χ4v) is 2.89. The summed E-state index contributed by atoms with van der Waals surface area (Å²) in [6.45, 7) is 0.136. The van der Waals surface area contributed by atoms with Gasteiger partial charge in [-0.1, -0.05) is 18.2 Å². The van der Waals surface area contributed by atoms with Gasteiger partial charge in [-0.15, -0.1) is 0 Å². The third kappa shape index (κ3) is 2.36. The summed E-state index contributed by atoms with van der Waals surface area (Å²) >= 11 is 0. The van der Waals surface area contributed by atoms with Crippen LogP contribution < -0.4 is 5.32 Å². The van der Waals surface area contributed by atoms with Crippen molar-refractivity contribution in [2.45, 2.75) is 25.3 Å². The maximum atomic E-state index is 11.6. The lowest BCUT2D eigenvalue weighted by molar-refractivity contribution is -0.125. The number of carbonyl (C=O) groups is 1. The van der Waals surface area contributed by atoms with Crippen molar-refractivity contribution in [3.63, 3.8) is 0 Å². The number of fused-ring (bicyclic) bond motifs is 3. The number of H-pyrrole nitrogens is 1. The fourth-order valence-electron chi connectivity index (χ4n) is 2.89. The Hall–Kier alpha value is -1.81. The molecule has 1 aromatic carbocycles. The highest BCUT2D eigenvalue weighted by Gasteiger charge is 2.23. The molecule has 1 atom stereocenters. The highest BCUT2D eigenvalue weighted by atomic mass is 16.5. The van der Waals surface area contributed by atoms with Crippen molar-refractivity contribution < 1.29 is 9.53 Å². The first-order valence-corrected chi connectivity index (χ1v) is 6.64. The van der Waals surface area contributed by atoms with E-state index in [0.29, 0.717) is 0 Å². The number of para-hydroxylation sites is 1. The van der Waals surface area contributed by atoms with Gasteiger partial charge < -0.3 is 15.0 Å². The van der Waals surface area contributed by atoms with Crippen LogP contribution in [-0.4, -0.2) is 30.6 Å². The molecular formula is C15H18N2O2. The molecule has 1 amide bonds. The molecule has 1 aromatic heterocycles. The number of hydrogen-bond acceptors (Lipinski definition) is 2. The molecule has 0 radical (unpaired) electrons. The maximum absolute atomic E-state index is 11.6. The Labute approximate surface area is 112 Å². The van der Waals surface area contributed by atoms with E-state index in [1.54, 1.807) is 0 Å². The molecule has 3 rings (SSSR count). The smallest absolute Gasteiger partial charge is 0.246 e. The van der Waals surface area contributed by atoms with Gasteiger partial charge in [0.15, 0.2) is 0 Å². The van der Waals surface area contributed by atoms with E-state index < -0.39 is 0 Å². The van der Waals surface area contributed by atoms with Gasteiger partial charge in [-0.05, 0) is 30.9 Å². The van der Waals surface area contributed by atoms with Crippen LogP contribution in [0.4, 0.5) is 0 Å². The van der Waals surface area contributed by atoms with Crippen LogP contribution in [0.5, 0.6) is 0 Å². The van der Waals surface area contributed by atoms with Gasteiger partial charge in [0.2, 0.25) is 5.91 Å². The summed E-state index contributed by atoms with van der Waals surface area (Å²) in [6.07, 6.45) is 2.87. The lowest BCUT2D eigenvalue weighted by Crippen LogP contribution is -2.40. The molecule has 0 saturated heterocycles. The number of aromatic nitrogens is 1. The molecule has 0 unspecified atom stereocenters. The minimum absolute atomic E-state index is 0.0317. The highest BCUT2D eigenvalue weighted by Crippen LogP contribution is 2.28. The fraction of sp³-hybridized carbons (Fsp3) is 0.400. The van der Waals surface area contributed by atoms with Gasteiger partial charge in [0.05, 0.1) is 0 Å². The molecule has 0 bridgehead atoms. The van der Waals surface area contributed by atoms with Gasteiger partial charge in [0, 0.05) is 29.7 Å². The van der Waals surface area contributed by atoms with Crippen LogP contribution in [0.1, 0.15) is 17.7 Å². The second-order valence-electron chi connectivity index (χ2n) is 5.07. The summed E-state index contributed by atoms with van der Waals surface area (Å²) in [5.41, 5.74) is 3.86. The number of carbonyl (C=O) groups excluding carboxylic acids is 1. The largest absolute Gasteiger partial charge is 0.375 e. The van der Waals surface area contributed by atoms with E-state index >= 15 is 0 Å². The van der Waals surface area contributed by atoms with E-state index in [4.69, 9.17) is 4.74 Å². The third-order valence-electron chi connectivity index (χ3n) is 3.74.